The topological polar surface area (TPSA) is 77.2 Å². The lowest BCUT2D eigenvalue weighted by molar-refractivity contribution is 0.595. The first-order valence-electron chi connectivity index (χ1n) is 5.49. The summed E-state index contributed by atoms with van der Waals surface area (Å²) in [5.41, 5.74) is 6.02. The quantitative estimate of drug-likeness (QED) is 0.814. The highest BCUT2D eigenvalue weighted by Gasteiger charge is 2.14. The lowest BCUT2D eigenvalue weighted by atomic mass is 10.3. The highest BCUT2D eigenvalue weighted by Crippen LogP contribution is 2.22. The molecule has 0 saturated heterocycles. The van der Waals surface area contributed by atoms with Gasteiger partial charge in [-0.25, -0.2) is 8.42 Å². The zero-order valence-corrected chi connectivity index (χ0v) is 12.4. The van der Waals surface area contributed by atoms with Gasteiger partial charge in [0.1, 0.15) is 0 Å². The van der Waals surface area contributed by atoms with Gasteiger partial charge in [-0.3, -0.25) is 4.21 Å². The maximum Gasteiger partial charge on any atom is 0.151 e. The predicted octanol–water partition coefficient (Wildman–Crippen LogP) is 1.85. The molecule has 1 aromatic carbocycles. The van der Waals surface area contributed by atoms with E-state index < -0.39 is 20.6 Å². The van der Waals surface area contributed by atoms with Crippen molar-refractivity contribution >= 4 is 37.9 Å². The van der Waals surface area contributed by atoms with Crippen molar-refractivity contribution in [2.75, 3.05) is 23.0 Å². The van der Waals surface area contributed by atoms with Crippen LogP contribution in [0.3, 0.4) is 0 Å². The average Bonchev–Trinajstić information content (AvgIpc) is 2.26. The van der Waals surface area contributed by atoms with Crippen LogP contribution < -0.4 is 5.73 Å². The Bertz CT molecular complexity index is 543. The zero-order chi connectivity index (χ0) is 13.8. The molecule has 1 rings (SSSR count). The maximum absolute atomic E-state index is 11.9. The summed E-state index contributed by atoms with van der Waals surface area (Å²) in [6.45, 7) is 1.80. The Labute approximate surface area is 115 Å². The SMILES string of the molecule is CCCS(=O)(=O)CCS(=O)c1ccc(N)cc1Cl. The Morgan fingerprint density at radius 2 is 2.00 bits per heavy atom. The van der Waals surface area contributed by atoms with Gasteiger partial charge < -0.3 is 5.73 Å². The largest absolute Gasteiger partial charge is 0.399 e. The van der Waals surface area contributed by atoms with Gasteiger partial charge in [-0.1, -0.05) is 18.5 Å². The lowest BCUT2D eigenvalue weighted by Crippen LogP contribution is -2.16. The lowest BCUT2D eigenvalue weighted by Gasteiger charge is -2.06. The Kier molecular flexibility index (Phi) is 5.62. The number of benzene rings is 1. The predicted molar refractivity (Wildman–Crippen MR) is 76.1 cm³/mol. The smallest absolute Gasteiger partial charge is 0.151 e. The van der Waals surface area contributed by atoms with Crippen LogP contribution in [0, 0.1) is 0 Å². The summed E-state index contributed by atoms with van der Waals surface area (Å²) in [5.74, 6) is 0.0970. The van der Waals surface area contributed by atoms with Crippen molar-refractivity contribution in [1.29, 1.82) is 0 Å². The summed E-state index contributed by atoms with van der Waals surface area (Å²) in [6, 6.07) is 4.68. The van der Waals surface area contributed by atoms with E-state index in [1.807, 2.05) is 0 Å². The maximum atomic E-state index is 11.9. The molecule has 0 heterocycles. The molecule has 1 unspecified atom stereocenters. The molecule has 0 radical (unpaired) electrons. The third kappa shape index (κ3) is 4.59. The van der Waals surface area contributed by atoms with Gasteiger partial charge in [0.25, 0.3) is 0 Å². The molecule has 0 aromatic heterocycles. The number of rotatable bonds is 6. The van der Waals surface area contributed by atoms with Crippen molar-refractivity contribution in [3.63, 3.8) is 0 Å². The van der Waals surface area contributed by atoms with Crippen LogP contribution in [0.5, 0.6) is 0 Å². The Hall–Kier alpha value is -0.590. The highest BCUT2D eigenvalue weighted by atomic mass is 35.5. The second kappa shape index (κ2) is 6.54. The first kappa shape index (κ1) is 15.5. The fourth-order valence-electron chi connectivity index (χ4n) is 1.43. The van der Waals surface area contributed by atoms with E-state index in [0.29, 0.717) is 22.0 Å². The molecule has 0 amide bonds. The third-order valence-electron chi connectivity index (χ3n) is 2.30. The summed E-state index contributed by atoms with van der Waals surface area (Å²) in [7, 11) is -4.54. The zero-order valence-electron chi connectivity index (χ0n) is 10.1. The molecule has 102 valence electrons. The number of halogens is 1. The normalized spacial score (nSPS) is 13.4. The first-order valence-corrected chi connectivity index (χ1v) is 9.01. The fraction of sp³-hybridized carbons (Fsp3) is 0.455. The van der Waals surface area contributed by atoms with Crippen LogP contribution in [0.25, 0.3) is 0 Å². The molecule has 0 saturated carbocycles. The summed E-state index contributed by atoms with van der Waals surface area (Å²) < 4.78 is 35.0. The van der Waals surface area contributed by atoms with Crippen molar-refractivity contribution < 1.29 is 12.6 Å². The minimum absolute atomic E-state index is 0.0615. The number of anilines is 1. The van der Waals surface area contributed by atoms with E-state index in [4.69, 9.17) is 17.3 Å². The van der Waals surface area contributed by atoms with Gasteiger partial charge in [0, 0.05) is 17.2 Å². The molecular weight excluding hydrogens is 294 g/mol. The molecule has 0 fully saturated rings. The van der Waals surface area contributed by atoms with Crippen LogP contribution in [-0.2, 0) is 20.6 Å². The van der Waals surface area contributed by atoms with Gasteiger partial charge in [0.15, 0.2) is 9.84 Å². The van der Waals surface area contributed by atoms with Crippen LogP contribution in [0.1, 0.15) is 13.3 Å². The van der Waals surface area contributed by atoms with E-state index in [-0.39, 0.29) is 17.3 Å². The minimum atomic E-state index is -3.12. The molecule has 0 aliphatic rings. The molecule has 4 nitrogen and oxygen atoms in total. The number of sulfone groups is 1. The van der Waals surface area contributed by atoms with Crippen LogP contribution >= 0.6 is 11.6 Å². The Morgan fingerprint density at radius 3 is 2.56 bits per heavy atom. The second-order valence-corrected chi connectivity index (χ2v) is 8.14. The van der Waals surface area contributed by atoms with Crippen molar-refractivity contribution in [1.82, 2.24) is 0 Å². The van der Waals surface area contributed by atoms with E-state index >= 15 is 0 Å². The molecular formula is C11H16ClNO3S2. The van der Waals surface area contributed by atoms with Crippen LogP contribution in [0.15, 0.2) is 23.1 Å². The van der Waals surface area contributed by atoms with E-state index in [1.54, 1.807) is 19.1 Å². The van der Waals surface area contributed by atoms with Crippen LogP contribution in [0.2, 0.25) is 5.02 Å². The summed E-state index contributed by atoms with van der Waals surface area (Å²) in [5, 5.41) is 0.307. The Balaban J connectivity index is 2.72. The van der Waals surface area contributed by atoms with Crippen molar-refractivity contribution in [3.8, 4) is 0 Å². The van der Waals surface area contributed by atoms with Crippen LogP contribution in [-0.4, -0.2) is 29.9 Å². The average molecular weight is 310 g/mol. The minimum Gasteiger partial charge on any atom is -0.399 e. The molecule has 0 aliphatic carbocycles. The number of hydrogen-bond donors (Lipinski definition) is 1. The van der Waals surface area contributed by atoms with Crippen LogP contribution in [0.4, 0.5) is 5.69 Å². The van der Waals surface area contributed by atoms with Gasteiger partial charge in [0.05, 0.1) is 26.5 Å². The summed E-state index contributed by atoms with van der Waals surface area (Å²) in [4.78, 5) is 0.428. The monoisotopic (exact) mass is 309 g/mol. The van der Waals surface area contributed by atoms with Gasteiger partial charge in [0.2, 0.25) is 0 Å². The van der Waals surface area contributed by atoms with E-state index in [0.717, 1.165) is 0 Å². The standard InChI is InChI=1S/C11H16ClNO3S2/c1-2-6-18(15,16)7-5-17(14)11-4-3-9(13)8-10(11)12/h3-4,8H,2,5-7,13H2,1H3. The molecule has 18 heavy (non-hydrogen) atoms. The number of nitrogen functional groups attached to an aromatic ring is 1. The van der Waals surface area contributed by atoms with E-state index in [9.17, 15) is 12.6 Å². The molecule has 0 spiro atoms. The van der Waals surface area contributed by atoms with E-state index in [1.165, 1.54) is 6.07 Å². The highest BCUT2D eigenvalue weighted by molar-refractivity contribution is 7.93. The van der Waals surface area contributed by atoms with Gasteiger partial charge >= 0.3 is 0 Å². The Morgan fingerprint density at radius 1 is 1.33 bits per heavy atom. The molecule has 1 atom stereocenters. The number of hydrogen-bond acceptors (Lipinski definition) is 4. The number of nitrogens with two attached hydrogens (primary N) is 1. The molecule has 2 N–H and O–H groups in total. The van der Waals surface area contributed by atoms with Gasteiger partial charge in [-0.05, 0) is 24.6 Å². The molecule has 1 aromatic rings. The third-order valence-corrected chi connectivity index (χ3v) is 6.26. The molecule has 7 heteroatoms. The summed E-state index contributed by atoms with van der Waals surface area (Å²) in [6.07, 6.45) is 0.567. The first-order chi connectivity index (χ1) is 8.35. The molecule has 0 bridgehead atoms. The van der Waals surface area contributed by atoms with Crippen molar-refractivity contribution in [3.05, 3.63) is 23.2 Å². The van der Waals surface area contributed by atoms with Crippen molar-refractivity contribution in [2.24, 2.45) is 0 Å². The van der Waals surface area contributed by atoms with E-state index in [2.05, 4.69) is 0 Å². The second-order valence-electron chi connectivity index (χ2n) is 3.89. The van der Waals surface area contributed by atoms with Crippen molar-refractivity contribution in [2.45, 2.75) is 18.2 Å². The van der Waals surface area contributed by atoms with Gasteiger partial charge in [-0.2, -0.15) is 0 Å². The van der Waals surface area contributed by atoms with Gasteiger partial charge in [-0.15, -0.1) is 0 Å². The summed E-state index contributed by atoms with van der Waals surface area (Å²) >= 11 is 5.91. The fourth-order valence-corrected chi connectivity index (χ4v) is 5.04. The molecule has 0 aliphatic heterocycles.